The first kappa shape index (κ1) is 16.5. The molecular formula is C19H20N4O3. The molecule has 134 valence electrons. The van der Waals surface area contributed by atoms with Gasteiger partial charge in [-0.05, 0) is 38.1 Å². The van der Waals surface area contributed by atoms with Crippen LogP contribution in [0.1, 0.15) is 23.1 Å². The topological polar surface area (TPSA) is 84.2 Å². The average Bonchev–Trinajstić information content (AvgIpc) is 3.21. The van der Waals surface area contributed by atoms with Crippen LogP contribution in [0.15, 0.2) is 45.9 Å². The Hall–Kier alpha value is -2.93. The number of nitrogens with zero attached hydrogens (tertiary/aromatic N) is 3. The third-order valence-corrected chi connectivity index (χ3v) is 4.67. The monoisotopic (exact) mass is 352 g/mol. The van der Waals surface area contributed by atoms with Gasteiger partial charge in [-0.25, -0.2) is 9.97 Å². The van der Waals surface area contributed by atoms with Crippen molar-refractivity contribution in [2.24, 2.45) is 0 Å². The van der Waals surface area contributed by atoms with E-state index in [0.29, 0.717) is 24.5 Å². The Morgan fingerprint density at radius 2 is 2.15 bits per heavy atom. The standard InChI is InChI=1S/C19H20N4O3/c1-12-13(2)21-18(22-19(12)24)14-5-6-17(20-10-14)23-7-9-26-16(11-23)15-4-3-8-25-15/h3-6,8,10,16H,7,9,11H2,1-2H3,(H,21,22,24). The highest BCUT2D eigenvalue weighted by molar-refractivity contribution is 5.56. The summed E-state index contributed by atoms with van der Waals surface area (Å²) in [6.45, 7) is 5.65. The molecule has 1 saturated heterocycles. The number of pyridine rings is 1. The van der Waals surface area contributed by atoms with E-state index >= 15 is 0 Å². The number of aryl methyl sites for hydroxylation is 1. The van der Waals surface area contributed by atoms with Crippen LogP contribution < -0.4 is 10.5 Å². The van der Waals surface area contributed by atoms with Crippen molar-refractivity contribution in [3.8, 4) is 11.4 Å². The van der Waals surface area contributed by atoms with Crippen molar-refractivity contribution in [3.63, 3.8) is 0 Å². The van der Waals surface area contributed by atoms with E-state index in [9.17, 15) is 4.79 Å². The van der Waals surface area contributed by atoms with Gasteiger partial charge in [0, 0.05) is 29.6 Å². The Bertz CT molecular complexity index is 948. The van der Waals surface area contributed by atoms with Crippen LogP contribution in [-0.4, -0.2) is 34.6 Å². The molecule has 0 radical (unpaired) electrons. The Kier molecular flexibility index (Phi) is 4.30. The molecule has 4 rings (SSSR count). The molecule has 1 fully saturated rings. The van der Waals surface area contributed by atoms with Gasteiger partial charge in [-0.1, -0.05) is 0 Å². The zero-order valence-corrected chi connectivity index (χ0v) is 14.7. The van der Waals surface area contributed by atoms with Crippen molar-refractivity contribution < 1.29 is 9.15 Å². The predicted molar refractivity (Wildman–Crippen MR) is 97.2 cm³/mol. The minimum absolute atomic E-state index is 0.0991. The molecule has 7 heteroatoms. The highest BCUT2D eigenvalue weighted by Gasteiger charge is 2.24. The quantitative estimate of drug-likeness (QED) is 0.780. The first-order valence-corrected chi connectivity index (χ1v) is 8.56. The first-order chi connectivity index (χ1) is 12.6. The lowest BCUT2D eigenvalue weighted by Gasteiger charge is -2.32. The predicted octanol–water partition coefficient (Wildman–Crippen LogP) is 2.62. The maximum Gasteiger partial charge on any atom is 0.254 e. The highest BCUT2D eigenvalue weighted by atomic mass is 16.5. The summed E-state index contributed by atoms with van der Waals surface area (Å²) in [5.41, 5.74) is 2.02. The molecule has 4 heterocycles. The first-order valence-electron chi connectivity index (χ1n) is 8.56. The summed E-state index contributed by atoms with van der Waals surface area (Å²) in [5, 5.41) is 0. The molecule has 7 nitrogen and oxygen atoms in total. The molecule has 1 aliphatic rings. The average molecular weight is 352 g/mol. The molecule has 0 spiro atoms. The van der Waals surface area contributed by atoms with E-state index in [2.05, 4.69) is 19.9 Å². The Morgan fingerprint density at radius 1 is 1.27 bits per heavy atom. The maximum atomic E-state index is 11.9. The lowest BCUT2D eigenvalue weighted by molar-refractivity contribution is 0.0255. The summed E-state index contributed by atoms with van der Waals surface area (Å²) >= 11 is 0. The van der Waals surface area contributed by atoms with E-state index in [1.165, 1.54) is 0 Å². The summed E-state index contributed by atoms with van der Waals surface area (Å²) in [5.74, 6) is 2.22. The summed E-state index contributed by atoms with van der Waals surface area (Å²) in [6.07, 6.45) is 3.29. The van der Waals surface area contributed by atoms with Crippen molar-refractivity contribution in [1.29, 1.82) is 0 Å². The van der Waals surface area contributed by atoms with Gasteiger partial charge >= 0.3 is 0 Å². The SMILES string of the molecule is Cc1nc(-c2ccc(N3CCOC(c4ccco4)C3)nc2)[nH]c(=O)c1C. The molecule has 3 aromatic rings. The fourth-order valence-corrected chi connectivity index (χ4v) is 3.00. The second-order valence-corrected chi connectivity index (χ2v) is 6.35. The molecule has 1 aliphatic heterocycles. The van der Waals surface area contributed by atoms with Gasteiger partial charge in [0.25, 0.3) is 5.56 Å². The van der Waals surface area contributed by atoms with Crippen LogP contribution in [0.2, 0.25) is 0 Å². The molecule has 1 atom stereocenters. The van der Waals surface area contributed by atoms with Crippen LogP contribution in [0.25, 0.3) is 11.4 Å². The molecule has 1 N–H and O–H groups in total. The summed E-state index contributed by atoms with van der Waals surface area (Å²) < 4.78 is 11.2. The number of ether oxygens (including phenoxy) is 1. The van der Waals surface area contributed by atoms with Crippen LogP contribution in [-0.2, 0) is 4.74 Å². The van der Waals surface area contributed by atoms with Crippen LogP contribution in [0.3, 0.4) is 0 Å². The van der Waals surface area contributed by atoms with Crippen molar-refractivity contribution in [2.75, 3.05) is 24.6 Å². The third kappa shape index (κ3) is 3.13. The lowest BCUT2D eigenvalue weighted by atomic mass is 10.2. The minimum Gasteiger partial charge on any atom is -0.467 e. The normalized spacial score (nSPS) is 17.5. The zero-order valence-electron chi connectivity index (χ0n) is 14.7. The number of hydrogen-bond donors (Lipinski definition) is 1. The van der Waals surface area contributed by atoms with E-state index in [1.54, 1.807) is 19.4 Å². The zero-order chi connectivity index (χ0) is 18.1. The van der Waals surface area contributed by atoms with E-state index < -0.39 is 0 Å². The van der Waals surface area contributed by atoms with Crippen LogP contribution in [0.4, 0.5) is 5.82 Å². The van der Waals surface area contributed by atoms with E-state index in [4.69, 9.17) is 9.15 Å². The van der Waals surface area contributed by atoms with Gasteiger partial charge in [0.05, 0.1) is 19.4 Å². The summed E-state index contributed by atoms with van der Waals surface area (Å²) in [6, 6.07) is 7.65. The van der Waals surface area contributed by atoms with Crippen LogP contribution in [0, 0.1) is 13.8 Å². The number of H-pyrrole nitrogens is 1. The Morgan fingerprint density at radius 3 is 2.85 bits per heavy atom. The van der Waals surface area contributed by atoms with Gasteiger partial charge < -0.3 is 19.0 Å². The fourth-order valence-electron chi connectivity index (χ4n) is 3.00. The van der Waals surface area contributed by atoms with Gasteiger partial charge in [0.2, 0.25) is 0 Å². The lowest BCUT2D eigenvalue weighted by Crippen LogP contribution is -2.38. The molecule has 26 heavy (non-hydrogen) atoms. The second kappa shape index (κ2) is 6.76. The third-order valence-electron chi connectivity index (χ3n) is 4.67. The smallest absolute Gasteiger partial charge is 0.254 e. The van der Waals surface area contributed by atoms with Crippen molar-refractivity contribution in [3.05, 3.63) is 64.1 Å². The molecule has 0 saturated carbocycles. The fraction of sp³-hybridized carbons (Fsp3) is 0.316. The van der Waals surface area contributed by atoms with Crippen LogP contribution >= 0.6 is 0 Å². The van der Waals surface area contributed by atoms with Gasteiger partial charge in [0.1, 0.15) is 23.5 Å². The number of hydrogen-bond acceptors (Lipinski definition) is 6. The largest absolute Gasteiger partial charge is 0.467 e. The number of aromatic amines is 1. The molecule has 0 bridgehead atoms. The maximum absolute atomic E-state index is 11.9. The van der Waals surface area contributed by atoms with Crippen molar-refractivity contribution >= 4 is 5.82 Å². The van der Waals surface area contributed by atoms with Gasteiger partial charge in [-0.15, -0.1) is 0 Å². The Balaban J connectivity index is 1.55. The molecule has 0 amide bonds. The van der Waals surface area contributed by atoms with Crippen LogP contribution in [0.5, 0.6) is 0 Å². The van der Waals surface area contributed by atoms with E-state index in [0.717, 1.165) is 29.4 Å². The van der Waals surface area contributed by atoms with Crippen molar-refractivity contribution in [2.45, 2.75) is 20.0 Å². The van der Waals surface area contributed by atoms with Gasteiger partial charge in [0.15, 0.2) is 0 Å². The van der Waals surface area contributed by atoms with Gasteiger partial charge in [-0.2, -0.15) is 0 Å². The number of furan rings is 1. The van der Waals surface area contributed by atoms with E-state index in [-0.39, 0.29) is 11.7 Å². The molecule has 3 aromatic heterocycles. The number of aromatic nitrogens is 3. The number of morpholine rings is 1. The summed E-state index contributed by atoms with van der Waals surface area (Å²) in [4.78, 5) is 25.9. The number of anilines is 1. The molecular weight excluding hydrogens is 332 g/mol. The van der Waals surface area contributed by atoms with E-state index in [1.807, 2.05) is 31.2 Å². The minimum atomic E-state index is -0.119. The van der Waals surface area contributed by atoms with Gasteiger partial charge in [-0.3, -0.25) is 4.79 Å². The number of nitrogens with one attached hydrogen (secondary N) is 1. The highest BCUT2D eigenvalue weighted by Crippen LogP contribution is 2.26. The molecule has 0 aliphatic carbocycles. The Labute approximate surface area is 150 Å². The molecule has 1 unspecified atom stereocenters. The number of rotatable bonds is 3. The summed E-state index contributed by atoms with van der Waals surface area (Å²) in [7, 11) is 0. The van der Waals surface area contributed by atoms with Crippen molar-refractivity contribution in [1.82, 2.24) is 15.0 Å². The second-order valence-electron chi connectivity index (χ2n) is 6.35. The molecule has 0 aromatic carbocycles.